The van der Waals surface area contributed by atoms with Gasteiger partial charge in [0.2, 0.25) is 0 Å². The van der Waals surface area contributed by atoms with Crippen LogP contribution in [0.25, 0.3) is 0 Å². The van der Waals surface area contributed by atoms with E-state index < -0.39 is 0 Å². The first-order chi connectivity index (χ1) is 3.79. The maximum Gasteiger partial charge on any atom is 0.00491 e. The third-order valence-electron chi connectivity index (χ3n) is 1.60. The second-order valence-electron chi connectivity index (χ2n) is 2.53. The van der Waals surface area contributed by atoms with Crippen molar-refractivity contribution in [1.82, 2.24) is 5.32 Å². The third kappa shape index (κ3) is 1.67. The van der Waals surface area contributed by atoms with Gasteiger partial charge in [-0.15, -0.1) is 0 Å². The van der Waals surface area contributed by atoms with Gasteiger partial charge >= 0.3 is 0 Å². The van der Waals surface area contributed by atoms with Gasteiger partial charge in [0.15, 0.2) is 0 Å². The standard InChI is InChI=1S/C6H13NS/c1-5-4-6(8)2-3-7-5/h5-8H,2-4H2,1H3. The van der Waals surface area contributed by atoms with Crippen LogP contribution in [0.3, 0.4) is 0 Å². The number of rotatable bonds is 0. The van der Waals surface area contributed by atoms with Crippen LogP contribution < -0.4 is 5.32 Å². The number of hydrogen-bond acceptors (Lipinski definition) is 2. The Hall–Kier alpha value is 0.310. The minimum absolute atomic E-state index is 0.645. The molecular weight excluding hydrogens is 118 g/mol. The maximum atomic E-state index is 4.38. The first kappa shape index (κ1) is 6.43. The van der Waals surface area contributed by atoms with E-state index in [1.807, 2.05) is 0 Å². The summed E-state index contributed by atoms with van der Waals surface area (Å²) in [7, 11) is 0. The van der Waals surface area contributed by atoms with Gasteiger partial charge in [-0.3, -0.25) is 0 Å². The molecule has 0 aromatic carbocycles. The molecule has 1 rings (SSSR count). The molecule has 0 aromatic heterocycles. The third-order valence-corrected chi connectivity index (χ3v) is 2.07. The monoisotopic (exact) mass is 131 g/mol. The van der Waals surface area contributed by atoms with E-state index in [-0.39, 0.29) is 0 Å². The van der Waals surface area contributed by atoms with E-state index in [0.29, 0.717) is 11.3 Å². The Kier molecular flexibility index (Phi) is 2.20. The average Bonchev–Trinajstić information content (AvgIpc) is 1.64. The molecule has 0 aromatic rings. The molecule has 0 saturated carbocycles. The summed E-state index contributed by atoms with van der Waals surface area (Å²) in [4.78, 5) is 0. The fourth-order valence-corrected chi connectivity index (χ4v) is 1.55. The molecule has 2 heteroatoms. The Labute approximate surface area is 56.3 Å². The second kappa shape index (κ2) is 2.74. The van der Waals surface area contributed by atoms with Crippen LogP contribution >= 0.6 is 12.6 Å². The fourth-order valence-electron chi connectivity index (χ4n) is 1.11. The summed E-state index contributed by atoms with van der Waals surface area (Å²) in [5.74, 6) is 0. The van der Waals surface area contributed by atoms with Crippen LogP contribution in [0, 0.1) is 0 Å². The van der Waals surface area contributed by atoms with Crippen LogP contribution in [0.4, 0.5) is 0 Å². The summed E-state index contributed by atoms with van der Waals surface area (Å²) in [6.07, 6.45) is 2.45. The first-order valence-corrected chi connectivity index (χ1v) is 3.72. The Balaban J connectivity index is 2.23. The molecule has 0 spiro atoms. The van der Waals surface area contributed by atoms with Gasteiger partial charge in [-0.25, -0.2) is 0 Å². The Morgan fingerprint density at radius 3 is 2.75 bits per heavy atom. The molecule has 1 N–H and O–H groups in total. The van der Waals surface area contributed by atoms with Crippen molar-refractivity contribution in [3.63, 3.8) is 0 Å². The van der Waals surface area contributed by atoms with Crippen molar-refractivity contribution in [2.45, 2.75) is 31.1 Å². The number of nitrogens with one attached hydrogen (secondary N) is 1. The summed E-state index contributed by atoms with van der Waals surface area (Å²) < 4.78 is 0. The predicted molar refractivity (Wildman–Crippen MR) is 39.5 cm³/mol. The highest BCUT2D eigenvalue weighted by Gasteiger charge is 2.13. The first-order valence-electron chi connectivity index (χ1n) is 3.20. The van der Waals surface area contributed by atoms with Gasteiger partial charge in [0.1, 0.15) is 0 Å². The molecule has 0 radical (unpaired) electrons. The molecule has 2 unspecified atom stereocenters. The van der Waals surface area contributed by atoms with Crippen LogP contribution in [0.15, 0.2) is 0 Å². The number of piperidine rings is 1. The van der Waals surface area contributed by atoms with Gasteiger partial charge in [-0.05, 0) is 26.3 Å². The van der Waals surface area contributed by atoms with Crippen molar-refractivity contribution in [2.24, 2.45) is 0 Å². The molecule has 1 nitrogen and oxygen atoms in total. The Morgan fingerprint density at radius 1 is 1.62 bits per heavy atom. The smallest absolute Gasteiger partial charge is 0.00491 e. The molecule has 0 amide bonds. The van der Waals surface area contributed by atoms with Gasteiger partial charge in [0.25, 0.3) is 0 Å². The molecule has 2 atom stereocenters. The molecule has 1 saturated heterocycles. The lowest BCUT2D eigenvalue weighted by Gasteiger charge is -2.23. The minimum Gasteiger partial charge on any atom is -0.314 e. The lowest BCUT2D eigenvalue weighted by Crippen LogP contribution is -2.36. The van der Waals surface area contributed by atoms with E-state index in [2.05, 4.69) is 24.9 Å². The van der Waals surface area contributed by atoms with Crippen molar-refractivity contribution in [3.8, 4) is 0 Å². The highest BCUT2D eigenvalue weighted by Crippen LogP contribution is 2.12. The van der Waals surface area contributed by atoms with Crippen molar-refractivity contribution in [3.05, 3.63) is 0 Å². The molecule has 8 heavy (non-hydrogen) atoms. The van der Waals surface area contributed by atoms with Crippen LogP contribution in [0.2, 0.25) is 0 Å². The summed E-state index contributed by atoms with van der Waals surface area (Å²) in [5.41, 5.74) is 0. The van der Waals surface area contributed by atoms with Gasteiger partial charge < -0.3 is 5.32 Å². The van der Waals surface area contributed by atoms with E-state index in [4.69, 9.17) is 0 Å². The lowest BCUT2D eigenvalue weighted by molar-refractivity contribution is 0.435. The van der Waals surface area contributed by atoms with Gasteiger partial charge in [-0.1, -0.05) is 0 Å². The molecule has 1 aliphatic heterocycles. The maximum absolute atomic E-state index is 4.38. The molecule has 1 aliphatic rings. The predicted octanol–water partition coefficient (Wildman–Crippen LogP) is 1.06. The summed E-state index contributed by atoms with van der Waals surface area (Å²) in [5, 5.41) is 4.01. The second-order valence-corrected chi connectivity index (χ2v) is 3.26. The van der Waals surface area contributed by atoms with E-state index in [9.17, 15) is 0 Å². The topological polar surface area (TPSA) is 12.0 Å². The van der Waals surface area contributed by atoms with Crippen molar-refractivity contribution >= 4 is 12.6 Å². The van der Waals surface area contributed by atoms with Gasteiger partial charge in [0, 0.05) is 11.3 Å². The quantitative estimate of drug-likeness (QED) is 0.468. The van der Waals surface area contributed by atoms with E-state index >= 15 is 0 Å². The van der Waals surface area contributed by atoms with Crippen LogP contribution in [0.1, 0.15) is 19.8 Å². The largest absolute Gasteiger partial charge is 0.314 e. The fraction of sp³-hybridized carbons (Fsp3) is 1.00. The van der Waals surface area contributed by atoms with Crippen LogP contribution in [-0.4, -0.2) is 17.8 Å². The Bertz CT molecular complexity index is 66.9. The van der Waals surface area contributed by atoms with Gasteiger partial charge in [-0.2, -0.15) is 12.6 Å². The molecule has 0 bridgehead atoms. The zero-order chi connectivity index (χ0) is 5.98. The summed E-state index contributed by atoms with van der Waals surface area (Å²) >= 11 is 4.38. The number of thiol groups is 1. The zero-order valence-corrected chi connectivity index (χ0v) is 6.12. The summed E-state index contributed by atoms with van der Waals surface area (Å²) in [6.45, 7) is 3.36. The van der Waals surface area contributed by atoms with Gasteiger partial charge in [0.05, 0.1) is 0 Å². The van der Waals surface area contributed by atoms with E-state index in [1.165, 1.54) is 12.8 Å². The zero-order valence-electron chi connectivity index (χ0n) is 5.22. The van der Waals surface area contributed by atoms with Crippen LogP contribution in [-0.2, 0) is 0 Å². The molecule has 1 fully saturated rings. The van der Waals surface area contributed by atoms with E-state index in [0.717, 1.165) is 6.54 Å². The normalized spacial score (nSPS) is 39.8. The average molecular weight is 131 g/mol. The van der Waals surface area contributed by atoms with Crippen molar-refractivity contribution in [2.75, 3.05) is 6.54 Å². The molecule has 1 heterocycles. The minimum atomic E-state index is 0.645. The van der Waals surface area contributed by atoms with Crippen molar-refractivity contribution in [1.29, 1.82) is 0 Å². The highest BCUT2D eigenvalue weighted by atomic mass is 32.1. The van der Waals surface area contributed by atoms with Crippen molar-refractivity contribution < 1.29 is 0 Å². The van der Waals surface area contributed by atoms with E-state index in [1.54, 1.807) is 0 Å². The lowest BCUT2D eigenvalue weighted by atomic mass is 10.1. The number of hydrogen-bond donors (Lipinski definition) is 2. The summed E-state index contributed by atoms with van der Waals surface area (Å²) in [6, 6.07) is 0.686. The molecule has 48 valence electrons. The SMILES string of the molecule is CC1CC(S)CCN1. The molecule has 0 aliphatic carbocycles. The molecular formula is C6H13NS. The van der Waals surface area contributed by atoms with Crippen LogP contribution in [0.5, 0.6) is 0 Å². The Morgan fingerprint density at radius 2 is 2.38 bits per heavy atom. The highest BCUT2D eigenvalue weighted by molar-refractivity contribution is 7.80.